The van der Waals surface area contributed by atoms with Gasteiger partial charge in [0.2, 0.25) is 5.91 Å². The van der Waals surface area contributed by atoms with Crippen LogP contribution < -0.4 is 10.2 Å². The highest BCUT2D eigenvalue weighted by atomic mass is 19.4. The van der Waals surface area contributed by atoms with Crippen LogP contribution in [-0.2, 0) is 11.0 Å². The molecule has 0 bridgehead atoms. The molecule has 3 heterocycles. The van der Waals surface area contributed by atoms with Crippen molar-refractivity contribution in [1.29, 1.82) is 0 Å². The van der Waals surface area contributed by atoms with Gasteiger partial charge in [-0.3, -0.25) is 9.48 Å². The lowest BCUT2D eigenvalue weighted by Crippen LogP contribution is -2.40. The number of halogens is 3. The summed E-state index contributed by atoms with van der Waals surface area (Å²) in [5.74, 6) is 0.485. The number of nitrogens with zero attached hydrogens (tertiary/aromatic N) is 4. The molecule has 2 unspecified atom stereocenters. The van der Waals surface area contributed by atoms with E-state index in [1.807, 2.05) is 18.2 Å². The molecule has 0 radical (unpaired) electrons. The zero-order chi connectivity index (χ0) is 18.0. The lowest BCUT2D eigenvalue weighted by atomic mass is 10.2. The summed E-state index contributed by atoms with van der Waals surface area (Å²) in [6, 6.07) is 5.60. The number of pyridine rings is 1. The number of alkyl halides is 3. The Labute approximate surface area is 142 Å². The highest BCUT2D eigenvalue weighted by molar-refractivity contribution is 5.80. The molecule has 0 aromatic carbocycles. The van der Waals surface area contributed by atoms with E-state index in [0.717, 1.165) is 29.5 Å². The van der Waals surface area contributed by atoms with Gasteiger partial charge in [0.1, 0.15) is 11.9 Å². The fourth-order valence-electron chi connectivity index (χ4n) is 2.77. The zero-order valence-electron chi connectivity index (χ0n) is 13.6. The smallest absolute Gasteiger partial charge is 0.354 e. The van der Waals surface area contributed by atoms with Crippen LogP contribution in [0.15, 0.2) is 36.7 Å². The number of hydrogen-bond donors (Lipinski definition) is 1. The summed E-state index contributed by atoms with van der Waals surface area (Å²) in [4.78, 5) is 18.7. The number of carbonyl (C=O) groups is 1. The molecule has 9 heteroatoms. The molecule has 1 aliphatic heterocycles. The van der Waals surface area contributed by atoms with E-state index in [-0.39, 0.29) is 11.9 Å². The standard InChI is InChI=1S/C16H18F3N5O/c1-11(24-9-6-13(22-24)16(17,18)19)15(25)21-12-5-8-23(10-12)14-4-2-3-7-20-14/h2-4,6-7,9,11-12H,5,8,10H2,1H3,(H,21,25). The third-order valence-electron chi connectivity index (χ3n) is 4.18. The van der Waals surface area contributed by atoms with Crippen molar-refractivity contribution in [2.24, 2.45) is 0 Å². The Morgan fingerprint density at radius 2 is 2.16 bits per heavy atom. The second-order valence-electron chi connectivity index (χ2n) is 5.98. The second kappa shape index (κ2) is 6.73. The highest BCUT2D eigenvalue weighted by Crippen LogP contribution is 2.28. The first-order chi connectivity index (χ1) is 11.8. The first kappa shape index (κ1) is 17.2. The molecule has 2 aromatic heterocycles. The van der Waals surface area contributed by atoms with Crippen molar-refractivity contribution in [3.63, 3.8) is 0 Å². The molecule has 2 aromatic rings. The molecule has 134 valence electrons. The summed E-state index contributed by atoms with van der Waals surface area (Å²) in [5, 5.41) is 6.32. The Bertz CT molecular complexity index is 731. The van der Waals surface area contributed by atoms with Gasteiger partial charge < -0.3 is 10.2 Å². The summed E-state index contributed by atoms with van der Waals surface area (Å²) >= 11 is 0. The molecule has 6 nitrogen and oxygen atoms in total. The molecule has 1 aliphatic rings. The zero-order valence-corrected chi connectivity index (χ0v) is 13.6. The Kier molecular flexibility index (Phi) is 4.65. The topological polar surface area (TPSA) is 63.1 Å². The maximum Gasteiger partial charge on any atom is 0.435 e. The van der Waals surface area contributed by atoms with Crippen LogP contribution in [0.1, 0.15) is 25.1 Å². The van der Waals surface area contributed by atoms with Crippen LogP contribution in [0, 0.1) is 0 Å². The van der Waals surface area contributed by atoms with Gasteiger partial charge in [0.25, 0.3) is 0 Å². The highest BCUT2D eigenvalue weighted by Gasteiger charge is 2.34. The van der Waals surface area contributed by atoms with E-state index in [4.69, 9.17) is 0 Å². The Morgan fingerprint density at radius 3 is 2.80 bits per heavy atom. The summed E-state index contributed by atoms with van der Waals surface area (Å²) in [7, 11) is 0. The van der Waals surface area contributed by atoms with Crippen molar-refractivity contribution in [2.45, 2.75) is 31.6 Å². The molecule has 0 saturated carbocycles. The molecule has 0 aliphatic carbocycles. The van der Waals surface area contributed by atoms with Gasteiger partial charge in [-0.15, -0.1) is 0 Å². The van der Waals surface area contributed by atoms with Crippen molar-refractivity contribution in [3.05, 3.63) is 42.4 Å². The van der Waals surface area contributed by atoms with Crippen LogP contribution in [0.25, 0.3) is 0 Å². The summed E-state index contributed by atoms with van der Waals surface area (Å²) < 4.78 is 38.9. The number of carbonyl (C=O) groups excluding carboxylic acids is 1. The lowest BCUT2D eigenvalue weighted by molar-refractivity contribution is -0.142. The predicted molar refractivity (Wildman–Crippen MR) is 84.9 cm³/mol. The van der Waals surface area contributed by atoms with E-state index in [0.29, 0.717) is 6.54 Å². The average molecular weight is 353 g/mol. The van der Waals surface area contributed by atoms with E-state index in [2.05, 4.69) is 20.3 Å². The van der Waals surface area contributed by atoms with Gasteiger partial charge in [-0.1, -0.05) is 6.07 Å². The maximum atomic E-state index is 12.6. The Morgan fingerprint density at radius 1 is 1.36 bits per heavy atom. The molecule has 0 spiro atoms. The van der Waals surface area contributed by atoms with Gasteiger partial charge in [0, 0.05) is 31.5 Å². The van der Waals surface area contributed by atoms with Gasteiger partial charge >= 0.3 is 6.18 Å². The minimum absolute atomic E-state index is 0.0744. The van der Waals surface area contributed by atoms with Gasteiger partial charge in [-0.25, -0.2) is 4.98 Å². The van der Waals surface area contributed by atoms with Crippen molar-refractivity contribution in [3.8, 4) is 0 Å². The van der Waals surface area contributed by atoms with Crippen LogP contribution in [0.4, 0.5) is 19.0 Å². The lowest BCUT2D eigenvalue weighted by Gasteiger charge is -2.19. The Balaban J connectivity index is 1.58. The molecule has 1 N–H and O–H groups in total. The van der Waals surface area contributed by atoms with E-state index in [9.17, 15) is 18.0 Å². The first-order valence-electron chi connectivity index (χ1n) is 7.93. The molecule has 1 amide bonds. The number of rotatable bonds is 4. The predicted octanol–water partition coefficient (Wildman–Crippen LogP) is 2.25. The molecular formula is C16H18F3N5O. The molecule has 1 fully saturated rings. The average Bonchev–Trinajstić information content (AvgIpc) is 3.24. The van der Waals surface area contributed by atoms with Crippen LogP contribution in [0.5, 0.6) is 0 Å². The van der Waals surface area contributed by atoms with Crippen LogP contribution in [-0.4, -0.2) is 39.8 Å². The largest absolute Gasteiger partial charge is 0.435 e. The van der Waals surface area contributed by atoms with Crippen molar-refractivity contribution in [2.75, 3.05) is 18.0 Å². The fourth-order valence-corrected chi connectivity index (χ4v) is 2.77. The number of anilines is 1. The monoisotopic (exact) mass is 353 g/mol. The summed E-state index contributed by atoms with van der Waals surface area (Å²) in [6.45, 7) is 2.90. The minimum atomic E-state index is -4.52. The molecule has 2 atom stereocenters. The number of nitrogens with one attached hydrogen (secondary N) is 1. The molecule has 3 rings (SSSR count). The van der Waals surface area contributed by atoms with E-state index in [1.54, 1.807) is 6.20 Å². The number of amides is 1. The third kappa shape index (κ3) is 3.92. The fraction of sp³-hybridized carbons (Fsp3) is 0.438. The normalized spacial score (nSPS) is 19.0. The SMILES string of the molecule is CC(C(=O)NC1CCN(c2ccccn2)C1)n1ccc(C(F)(F)F)n1. The van der Waals surface area contributed by atoms with E-state index < -0.39 is 17.9 Å². The second-order valence-corrected chi connectivity index (χ2v) is 5.98. The first-order valence-corrected chi connectivity index (χ1v) is 7.93. The molecule has 1 saturated heterocycles. The van der Waals surface area contributed by atoms with Crippen molar-refractivity contribution >= 4 is 11.7 Å². The van der Waals surface area contributed by atoms with Gasteiger partial charge in [0.15, 0.2) is 5.69 Å². The quantitative estimate of drug-likeness (QED) is 0.916. The Hall–Kier alpha value is -2.58. The minimum Gasteiger partial charge on any atom is -0.354 e. The van der Waals surface area contributed by atoms with Crippen LogP contribution in [0.3, 0.4) is 0 Å². The van der Waals surface area contributed by atoms with Gasteiger partial charge in [0.05, 0.1) is 0 Å². The molecular weight excluding hydrogens is 335 g/mol. The number of hydrogen-bond acceptors (Lipinski definition) is 4. The van der Waals surface area contributed by atoms with Gasteiger partial charge in [-0.05, 0) is 31.5 Å². The van der Waals surface area contributed by atoms with E-state index in [1.165, 1.54) is 13.1 Å². The third-order valence-corrected chi connectivity index (χ3v) is 4.18. The summed E-state index contributed by atoms with van der Waals surface area (Å²) in [6.07, 6.45) is -0.890. The van der Waals surface area contributed by atoms with Crippen molar-refractivity contribution < 1.29 is 18.0 Å². The van der Waals surface area contributed by atoms with Crippen LogP contribution >= 0.6 is 0 Å². The maximum absolute atomic E-state index is 12.6. The van der Waals surface area contributed by atoms with Gasteiger partial charge in [-0.2, -0.15) is 18.3 Å². The van der Waals surface area contributed by atoms with Crippen molar-refractivity contribution in [1.82, 2.24) is 20.1 Å². The number of aromatic nitrogens is 3. The van der Waals surface area contributed by atoms with E-state index >= 15 is 0 Å². The molecule has 25 heavy (non-hydrogen) atoms. The summed E-state index contributed by atoms with van der Waals surface area (Å²) in [5.41, 5.74) is -1.01. The van der Waals surface area contributed by atoms with Crippen LogP contribution in [0.2, 0.25) is 0 Å².